The van der Waals surface area contributed by atoms with E-state index < -0.39 is 5.97 Å². The van der Waals surface area contributed by atoms with E-state index in [0.717, 1.165) is 0 Å². The molecule has 0 atom stereocenters. The number of ether oxygens (including phenoxy) is 1. The van der Waals surface area contributed by atoms with Gasteiger partial charge in [-0.1, -0.05) is 23.2 Å². The molecule has 2 aromatic carbocycles. The van der Waals surface area contributed by atoms with Crippen molar-refractivity contribution in [3.63, 3.8) is 0 Å². The van der Waals surface area contributed by atoms with Crippen LogP contribution in [-0.4, -0.2) is 18.2 Å². The fourth-order valence-electron chi connectivity index (χ4n) is 1.70. The third-order valence-electron chi connectivity index (χ3n) is 2.64. The molecule has 0 saturated heterocycles. The SMILES string of the molecule is COc1ccc(Nc2ccc(Cl)cc2C(=O)O)cc1Cl. The largest absolute Gasteiger partial charge is 0.495 e. The first-order chi connectivity index (χ1) is 9.51. The molecule has 0 unspecified atom stereocenters. The third-order valence-corrected chi connectivity index (χ3v) is 3.17. The van der Waals surface area contributed by atoms with Gasteiger partial charge >= 0.3 is 5.97 Å². The highest BCUT2D eigenvalue weighted by Crippen LogP contribution is 2.30. The van der Waals surface area contributed by atoms with Gasteiger partial charge in [0.05, 0.1) is 23.4 Å². The molecule has 0 heterocycles. The van der Waals surface area contributed by atoms with Crippen molar-refractivity contribution >= 4 is 40.5 Å². The van der Waals surface area contributed by atoms with Crippen molar-refractivity contribution in [1.82, 2.24) is 0 Å². The topological polar surface area (TPSA) is 58.6 Å². The highest BCUT2D eigenvalue weighted by molar-refractivity contribution is 6.32. The van der Waals surface area contributed by atoms with Gasteiger partial charge in [0.25, 0.3) is 0 Å². The smallest absolute Gasteiger partial charge is 0.337 e. The number of aromatic carboxylic acids is 1. The van der Waals surface area contributed by atoms with Crippen LogP contribution in [0.15, 0.2) is 36.4 Å². The van der Waals surface area contributed by atoms with E-state index in [9.17, 15) is 4.79 Å². The Morgan fingerprint density at radius 3 is 2.55 bits per heavy atom. The van der Waals surface area contributed by atoms with Crippen molar-refractivity contribution in [3.05, 3.63) is 52.0 Å². The Labute approximate surface area is 125 Å². The molecule has 104 valence electrons. The number of hydrogen-bond donors (Lipinski definition) is 2. The highest BCUT2D eigenvalue weighted by Gasteiger charge is 2.11. The lowest BCUT2D eigenvalue weighted by molar-refractivity contribution is 0.0698. The number of carbonyl (C=O) groups is 1. The van der Waals surface area contributed by atoms with Crippen molar-refractivity contribution in [2.45, 2.75) is 0 Å². The molecule has 20 heavy (non-hydrogen) atoms. The predicted octanol–water partition coefficient (Wildman–Crippen LogP) is 4.44. The average molecular weight is 312 g/mol. The average Bonchev–Trinajstić information content (AvgIpc) is 2.41. The Hall–Kier alpha value is -1.91. The molecule has 0 aliphatic rings. The van der Waals surface area contributed by atoms with Crippen LogP contribution in [0.25, 0.3) is 0 Å². The summed E-state index contributed by atoms with van der Waals surface area (Å²) in [7, 11) is 1.52. The first-order valence-corrected chi connectivity index (χ1v) is 6.40. The van der Waals surface area contributed by atoms with Gasteiger partial charge in [0.15, 0.2) is 0 Å². The molecule has 4 nitrogen and oxygen atoms in total. The lowest BCUT2D eigenvalue weighted by Crippen LogP contribution is -2.02. The summed E-state index contributed by atoms with van der Waals surface area (Å²) in [5, 5.41) is 12.9. The van der Waals surface area contributed by atoms with E-state index in [1.54, 1.807) is 30.3 Å². The minimum atomic E-state index is -1.06. The summed E-state index contributed by atoms with van der Waals surface area (Å²) in [5.74, 6) is -0.513. The molecule has 0 bridgehead atoms. The monoisotopic (exact) mass is 311 g/mol. The Balaban J connectivity index is 2.35. The number of benzene rings is 2. The molecule has 0 aromatic heterocycles. The molecule has 0 saturated carbocycles. The molecule has 0 amide bonds. The van der Waals surface area contributed by atoms with Crippen LogP contribution in [0, 0.1) is 0 Å². The fraction of sp³-hybridized carbons (Fsp3) is 0.0714. The van der Waals surface area contributed by atoms with Gasteiger partial charge < -0.3 is 15.2 Å². The summed E-state index contributed by atoms with van der Waals surface area (Å²) in [6, 6.07) is 9.69. The summed E-state index contributed by atoms with van der Waals surface area (Å²) in [6.45, 7) is 0. The lowest BCUT2D eigenvalue weighted by Gasteiger charge is -2.11. The quantitative estimate of drug-likeness (QED) is 0.876. The molecule has 0 spiro atoms. The minimum absolute atomic E-state index is 0.0874. The maximum atomic E-state index is 11.2. The van der Waals surface area contributed by atoms with E-state index >= 15 is 0 Å². The second-order valence-electron chi connectivity index (χ2n) is 3.97. The minimum Gasteiger partial charge on any atom is -0.495 e. The second kappa shape index (κ2) is 6.03. The molecule has 6 heteroatoms. The molecular weight excluding hydrogens is 301 g/mol. The summed E-state index contributed by atoms with van der Waals surface area (Å²) < 4.78 is 5.06. The number of hydrogen-bond acceptors (Lipinski definition) is 3. The van der Waals surface area contributed by atoms with Gasteiger partial charge in [0.2, 0.25) is 0 Å². The maximum Gasteiger partial charge on any atom is 0.337 e. The van der Waals surface area contributed by atoms with Gasteiger partial charge in [-0.3, -0.25) is 0 Å². The van der Waals surface area contributed by atoms with Gasteiger partial charge in [-0.05, 0) is 36.4 Å². The van der Waals surface area contributed by atoms with Crippen molar-refractivity contribution in [3.8, 4) is 5.75 Å². The first kappa shape index (κ1) is 14.5. The van der Waals surface area contributed by atoms with Gasteiger partial charge in [-0.25, -0.2) is 4.79 Å². The van der Waals surface area contributed by atoms with E-state index in [4.69, 9.17) is 33.0 Å². The van der Waals surface area contributed by atoms with E-state index in [-0.39, 0.29) is 5.56 Å². The molecule has 0 fully saturated rings. The second-order valence-corrected chi connectivity index (χ2v) is 4.81. The van der Waals surface area contributed by atoms with Crippen molar-refractivity contribution in [2.75, 3.05) is 12.4 Å². The normalized spacial score (nSPS) is 10.2. The Bertz CT molecular complexity index is 659. The van der Waals surface area contributed by atoms with Crippen LogP contribution >= 0.6 is 23.2 Å². The van der Waals surface area contributed by atoms with Crippen LogP contribution in [0.2, 0.25) is 10.0 Å². The number of rotatable bonds is 4. The number of nitrogens with one attached hydrogen (secondary N) is 1. The Morgan fingerprint density at radius 2 is 1.95 bits per heavy atom. The number of methoxy groups -OCH3 is 1. The maximum absolute atomic E-state index is 11.2. The van der Waals surface area contributed by atoms with Crippen molar-refractivity contribution in [2.24, 2.45) is 0 Å². The van der Waals surface area contributed by atoms with Gasteiger partial charge in [-0.2, -0.15) is 0 Å². The van der Waals surface area contributed by atoms with Gasteiger partial charge in [0, 0.05) is 10.7 Å². The van der Waals surface area contributed by atoms with E-state index in [0.29, 0.717) is 27.2 Å². The summed E-state index contributed by atoms with van der Waals surface area (Å²) in [6.07, 6.45) is 0. The van der Waals surface area contributed by atoms with Gasteiger partial charge in [0.1, 0.15) is 5.75 Å². The van der Waals surface area contributed by atoms with Crippen LogP contribution < -0.4 is 10.1 Å². The zero-order chi connectivity index (χ0) is 14.7. The molecule has 2 rings (SSSR count). The predicted molar refractivity (Wildman–Crippen MR) is 79.7 cm³/mol. The molecule has 0 aliphatic heterocycles. The van der Waals surface area contributed by atoms with Gasteiger partial charge in [-0.15, -0.1) is 0 Å². The molecular formula is C14H11Cl2NO3. The Morgan fingerprint density at radius 1 is 1.20 bits per heavy atom. The lowest BCUT2D eigenvalue weighted by atomic mass is 10.1. The summed E-state index contributed by atoms with van der Waals surface area (Å²) in [4.78, 5) is 11.2. The number of carboxylic acid groups (broad SMARTS) is 1. The van der Waals surface area contributed by atoms with E-state index in [2.05, 4.69) is 5.32 Å². The number of anilines is 2. The highest BCUT2D eigenvalue weighted by atomic mass is 35.5. The standard InChI is InChI=1S/C14H11Cl2NO3/c1-20-13-5-3-9(7-11(13)16)17-12-4-2-8(15)6-10(12)14(18)19/h2-7,17H,1H3,(H,18,19). The van der Waals surface area contributed by atoms with Crippen molar-refractivity contribution in [1.29, 1.82) is 0 Å². The van der Waals surface area contributed by atoms with Crippen LogP contribution in [0.1, 0.15) is 10.4 Å². The van der Waals surface area contributed by atoms with Crippen LogP contribution in [0.5, 0.6) is 5.75 Å². The molecule has 0 aliphatic carbocycles. The number of carboxylic acids is 1. The van der Waals surface area contributed by atoms with Crippen LogP contribution in [0.3, 0.4) is 0 Å². The molecule has 2 aromatic rings. The zero-order valence-corrected chi connectivity index (χ0v) is 12.0. The molecule has 0 radical (unpaired) electrons. The van der Waals surface area contributed by atoms with Crippen molar-refractivity contribution < 1.29 is 14.6 Å². The van der Waals surface area contributed by atoms with E-state index in [1.165, 1.54) is 13.2 Å². The fourth-order valence-corrected chi connectivity index (χ4v) is 2.13. The Kier molecular flexibility index (Phi) is 4.37. The van der Waals surface area contributed by atoms with Crippen LogP contribution in [-0.2, 0) is 0 Å². The number of halogens is 2. The first-order valence-electron chi connectivity index (χ1n) is 5.64. The van der Waals surface area contributed by atoms with Crippen LogP contribution in [0.4, 0.5) is 11.4 Å². The van der Waals surface area contributed by atoms with E-state index in [1.807, 2.05) is 0 Å². The molecule has 2 N–H and O–H groups in total. The summed E-state index contributed by atoms with van der Waals surface area (Å²) in [5.41, 5.74) is 1.17. The third kappa shape index (κ3) is 3.15. The zero-order valence-electron chi connectivity index (χ0n) is 10.5. The summed E-state index contributed by atoms with van der Waals surface area (Å²) >= 11 is 11.8.